The number of rotatable bonds is 3. The highest BCUT2D eigenvalue weighted by Gasteiger charge is 2.09. The van der Waals surface area contributed by atoms with Crippen LogP contribution >= 0.6 is 15.9 Å². The van der Waals surface area contributed by atoms with E-state index in [0.717, 1.165) is 15.6 Å². The maximum atomic E-state index is 11.6. The number of carbonyl (C=O) groups is 1. The van der Waals surface area contributed by atoms with Gasteiger partial charge in [0.05, 0.1) is 12.2 Å². The minimum atomic E-state index is -0.294. The summed E-state index contributed by atoms with van der Waals surface area (Å²) in [5.41, 5.74) is 2.73. The number of ether oxygens (including phenoxy) is 1. The Morgan fingerprint density at radius 1 is 1.17 bits per heavy atom. The second-order valence-electron chi connectivity index (χ2n) is 3.78. The minimum Gasteiger partial charge on any atom is -0.462 e. The van der Waals surface area contributed by atoms with Gasteiger partial charge < -0.3 is 4.74 Å². The predicted octanol–water partition coefficient (Wildman–Crippen LogP) is 4.29. The van der Waals surface area contributed by atoms with Gasteiger partial charge in [-0.2, -0.15) is 0 Å². The lowest BCUT2D eigenvalue weighted by Gasteiger charge is -2.07. The first-order valence-electron chi connectivity index (χ1n) is 5.74. The number of esters is 1. The number of hydrogen-bond donors (Lipinski definition) is 0. The van der Waals surface area contributed by atoms with Crippen molar-refractivity contribution in [3.8, 4) is 11.1 Å². The number of halogens is 1. The molecule has 0 spiro atoms. The first-order valence-corrected chi connectivity index (χ1v) is 6.53. The van der Waals surface area contributed by atoms with Gasteiger partial charge >= 0.3 is 5.97 Å². The highest BCUT2D eigenvalue weighted by molar-refractivity contribution is 9.10. The molecule has 2 aromatic carbocycles. The van der Waals surface area contributed by atoms with Gasteiger partial charge in [0.15, 0.2) is 0 Å². The molecule has 0 fully saturated rings. The number of benzene rings is 2. The molecule has 0 atom stereocenters. The fourth-order valence-electron chi connectivity index (χ4n) is 1.71. The van der Waals surface area contributed by atoms with Crippen molar-refractivity contribution in [2.75, 3.05) is 6.61 Å². The summed E-state index contributed by atoms with van der Waals surface area (Å²) in [5, 5.41) is 0. The Bertz CT molecular complexity index is 550. The molecule has 0 aliphatic rings. The predicted molar refractivity (Wildman–Crippen MR) is 75.5 cm³/mol. The Morgan fingerprint density at radius 2 is 1.89 bits per heavy atom. The maximum Gasteiger partial charge on any atom is 0.338 e. The summed E-state index contributed by atoms with van der Waals surface area (Å²) in [6.45, 7) is 2.18. The first-order chi connectivity index (χ1) is 8.72. The quantitative estimate of drug-likeness (QED) is 0.791. The molecule has 18 heavy (non-hydrogen) atoms. The van der Waals surface area contributed by atoms with E-state index in [4.69, 9.17) is 4.74 Å². The van der Waals surface area contributed by atoms with Crippen molar-refractivity contribution >= 4 is 21.9 Å². The topological polar surface area (TPSA) is 26.3 Å². The summed E-state index contributed by atoms with van der Waals surface area (Å²) in [6, 6.07) is 15.5. The molecule has 0 unspecified atom stereocenters. The Kier molecular flexibility index (Phi) is 4.15. The van der Waals surface area contributed by atoms with E-state index in [1.54, 1.807) is 19.1 Å². The molecular formula is C15H13BrO2. The monoisotopic (exact) mass is 304 g/mol. The Hall–Kier alpha value is -1.61. The van der Waals surface area contributed by atoms with Crippen molar-refractivity contribution in [1.82, 2.24) is 0 Å². The van der Waals surface area contributed by atoms with E-state index in [2.05, 4.69) is 15.9 Å². The summed E-state index contributed by atoms with van der Waals surface area (Å²) in [4.78, 5) is 11.6. The molecule has 0 aliphatic carbocycles. The van der Waals surface area contributed by atoms with Crippen LogP contribution in [0.3, 0.4) is 0 Å². The lowest BCUT2D eigenvalue weighted by molar-refractivity contribution is 0.0526. The first kappa shape index (κ1) is 12.8. The maximum absolute atomic E-state index is 11.6. The van der Waals surface area contributed by atoms with Crippen LogP contribution in [-0.2, 0) is 4.74 Å². The second-order valence-corrected chi connectivity index (χ2v) is 4.64. The molecule has 2 nitrogen and oxygen atoms in total. The van der Waals surface area contributed by atoms with Gasteiger partial charge in [0.1, 0.15) is 0 Å². The van der Waals surface area contributed by atoms with Crippen LogP contribution in [-0.4, -0.2) is 12.6 Å². The summed E-state index contributed by atoms with van der Waals surface area (Å²) in [5.74, 6) is -0.294. The zero-order chi connectivity index (χ0) is 13.0. The Morgan fingerprint density at radius 3 is 2.50 bits per heavy atom. The summed E-state index contributed by atoms with van der Waals surface area (Å²) in [6.07, 6.45) is 0. The van der Waals surface area contributed by atoms with Gasteiger partial charge in [0.2, 0.25) is 0 Å². The van der Waals surface area contributed by atoms with Crippen molar-refractivity contribution in [2.45, 2.75) is 6.92 Å². The second kappa shape index (κ2) is 5.83. The molecule has 0 radical (unpaired) electrons. The van der Waals surface area contributed by atoms with Gasteiger partial charge in [0, 0.05) is 4.47 Å². The van der Waals surface area contributed by atoms with Gasteiger partial charge in [-0.25, -0.2) is 4.79 Å². The molecule has 3 heteroatoms. The van der Waals surface area contributed by atoms with E-state index in [0.29, 0.717) is 12.2 Å². The number of hydrogen-bond acceptors (Lipinski definition) is 2. The van der Waals surface area contributed by atoms with Crippen LogP contribution in [0.25, 0.3) is 11.1 Å². The Balaban J connectivity index is 2.34. The molecule has 2 aromatic rings. The fourth-order valence-corrected chi connectivity index (χ4v) is 2.32. The van der Waals surface area contributed by atoms with Crippen LogP contribution in [0.1, 0.15) is 17.3 Å². The van der Waals surface area contributed by atoms with Gasteiger partial charge in [-0.05, 0) is 30.2 Å². The van der Waals surface area contributed by atoms with Crippen molar-refractivity contribution in [2.24, 2.45) is 0 Å². The highest BCUT2D eigenvalue weighted by Crippen LogP contribution is 2.29. The van der Waals surface area contributed by atoms with Gasteiger partial charge in [-0.3, -0.25) is 0 Å². The molecular weight excluding hydrogens is 292 g/mol. The van der Waals surface area contributed by atoms with E-state index in [1.165, 1.54) is 0 Å². The molecule has 0 saturated heterocycles. The molecule has 0 aliphatic heterocycles. The lowest BCUT2D eigenvalue weighted by Crippen LogP contribution is -2.04. The van der Waals surface area contributed by atoms with Gasteiger partial charge in [-0.15, -0.1) is 0 Å². The summed E-state index contributed by atoms with van der Waals surface area (Å²) >= 11 is 3.50. The van der Waals surface area contributed by atoms with Gasteiger partial charge in [0.25, 0.3) is 0 Å². The average Bonchev–Trinajstić information content (AvgIpc) is 2.40. The van der Waals surface area contributed by atoms with Crippen molar-refractivity contribution in [3.05, 3.63) is 58.6 Å². The van der Waals surface area contributed by atoms with E-state index < -0.39 is 0 Å². The fraction of sp³-hybridized carbons (Fsp3) is 0.133. The summed E-state index contributed by atoms with van der Waals surface area (Å²) < 4.78 is 5.86. The standard InChI is InChI=1S/C15H13BrO2/c1-2-18-15(17)12-8-9-13(14(16)10-12)11-6-4-3-5-7-11/h3-10H,2H2,1H3. The molecule has 0 aromatic heterocycles. The molecule has 0 heterocycles. The molecule has 92 valence electrons. The minimum absolute atomic E-state index is 0.294. The molecule has 0 saturated carbocycles. The molecule has 0 N–H and O–H groups in total. The van der Waals surface area contributed by atoms with E-state index >= 15 is 0 Å². The third-order valence-corrected chi connectivity index (χ3v) is 3.22. The summed E-state index contributed by atoms with van der Waals surface area (Å²) in [7, 11) is 0. The van der Waals surface area contributed by atoms with Crippen molar-refractivity contribution < 1.29 is 9.53 Å². The smallest absolute Gasteiger partial charge is 0.338 e. The van der Waals surface area contributed by atoms with Crippen LogP contribution in [0.15, 0.2) is 53.0 Å². The van der Waals surface area contributed by atoms with Gasteiger partial charge in [-0.1, -0.05) is 52.3 Å². The zero-order valence-electron chi connectivity index (χ0n) is 10.0. The molecule has 2 rings (SSSR count). The molecule has 0 bridgehead atoms. The average molecular weight is 305 g/mol. The normalized spacial score (nSPS) is 10.1. The largest absolute Gasteiger partial charge is 0.462 e. The SMILES string of the molecule is CCOC(=O)c1ccc(-c2ccccc2)c(Br)c1. The van der Waals surface area contributed by atoms with Crippen LogP contribution in [0.2, 0.25) is 0 Å². The van der Waals surface area contributed by atoms with E-state index in [9.17, 15) is 4.79 Å². The van der Waals surface area contributed by atoms with E-state index in [-0.39, 0.29) is 5.97 Å². The highest BCUT2D eigenvalue weighted by atomic mass is 79.9. The van der Waals surface area contributed by atoms with Crippen molar-refractivity contribution in [1.29, 1.82) is 0 Å². The van der Waals surface area contributed by atoms with Crippen LogP contribution < -0.4 is 0 Å². The molecule has 0 amide bonds. The Labute approximate surface area is 115 Å². The van der Waals surface area contributed by atoms with E-state index in [1.807, 2.05) is 36.4 Å². The third-order valence-electron chi connectivity index (χ3n) is 2.57. The number of carbonyl (C=O) groups excluding carboxylic acids is 1. The van der Waals surface area contributed by atoms with Crippen LogP contribution in [0, 0.1) is 0 Å². The third kappa shape index (κ3) is 2.79. The van der Waals surface area contributed by atoms with Crippen LogP contribution in [0.5, 0.6) is 0 Å². The zero-order valence-corrected chi connectivity index (χ0v) is 11.6. The van der Waals surface area contributed by atoms with Crippen LogP contribution in [0.4, 0.5) is 0 Å². The van der Waals surface area contributed by atoms with Crippen molar-refractivity contribution in [3.63, 3.8) is 0 Å². The lowest BCUT2D eigenvalue weighted by atomic mass is 10.0.